The van der Waals surface area contributed by atoms with Gasteiger partial charge in [-0.15, -0.1) is 0 Å². The van der Waals surface area contributed by atoms with Crippen molar-refractivity contribution in [1.82, 2.24) is 10.2 Å². The number of nitrogens with zero attached hydrogens (tertiary/aromatic N) is 1. The van der Waals surface area contributed by atoms with Crippen molar-refractivity contribution < 1.29 is 9.13 Å². The molecule has 1 aromatic rings. The molecule has 1 atom stereocenters. The summed E-state index contributed by atoms with van der Waals surface area (Å²) in [6.07, 6.45) is 0.866. The summed E-state index contributed by atoms with van der Waals surface area (Å²) in [5, 5.41) is 3.49. The first-order valence-electron chi connectivity index (χ1n) is 7.02. The van der Waals surface area contributed by atoms with Crippen molar-refractivity contribution in [3.05, 3.63) is 35.6 Å². The van der Waals surface area contributed by atoms with Gasteiger partial charge in [0.15, 0.2) is 0 Å². The number of ether oxygens (including phenoxy) is 1. The highest BCUT2D eigenvalue weighted by molar-refractivity contribution is 5.16. The van der Waals surface area contributed by atoms with Gasteiger partial charge in [0, 0.05) is 25.7 Å². The average molecular weight is 266 g/mol. The zero-order chi connectivity index (χ0) is 13.5. The van der Waals surface area contributed by atoms with Gasteiger partial charge in [-0.1, -0.05) is 12.1 Å². The largest absolute Gasteiger partial charge is 0.379 e. The first-order valence-corrected chi connectivity index (χ1v) is 7.02. The predicted molar refractivity (Wildman–Crippen MR) is 74.8 cm³/mol. The van der Waals surface area contributed by atoms with Gasteiger partial charge in [0.1, 0.15) is 5.82 Å². The summed E-state index contributed by atoms with van der Waals surface area (Å²) in [6.45, 7) is 7.86. The molecular weight excluding hydrogens is 243 g/mol. The smallest absolute Gasteiger partial charge is 0.123 e. The molecule has 19 heavy (non-hydrogen) atoms. The normalized spacial score (nSPS) is 18.4. The number of hydrogen-bond acceptors (Lipinski definition) is 3. The molecule has 1 aliphatic heterocycles. The minimum atomic E-state index is -0.154. The van der Waals surface area contributed by atoms with E-state index >= 15 is 0 Å². The van der Waals surface area contributed by atoms with Crippen molar-refractivity contribution >= 4 is 0 Å². The molecule has 3 nitrogen and oxygen atoms in total. The van der Waals surface area contributed by atoms with Crippen LogP contribution < -0.4 is 5.32 Å². The third kappa shape index (κ3) is 5.27. The zero-order valence-electron chi connectivity index (χ0n) is 11.6. The van der Waals surface area contributed by atoms with Gasteiger partial charge < -0.3 is 10.1 Å². The molecular formula is C15H23FN2O. The van der Waals surface area contributed by atoms with Gasteiger partial charge in [-0.05, 0) is 37.6 Å². The van der Waals surface area contributed by atoms with E-state index in [-0.39, 0.29) is 5.82 Å². The Hall–Kier alpha value is -0.970. The van der Waals surface area contributed by atoms with Crippen LogP contribution in [0.2, 0.25) is 0 Å². The zero-order valence-corrected chi connectivity index (χ0v) is 11.6. The van der Waals surface area contributed by atoms with Gasteiger partial charge in [0.2, 0.25) is 0 Å². The van der Waals surface area contributed by atoms with E-state index in [9.17, 15) is 4.39 Å². The summed E-state index contributed by atoms with van der Waals surface area (Å²) >= 11 is 0. The summed E-state index contributed by atoms with van der Waals surface area (Å²) in [6, 6.07) is 7.28. The van der Waals surface area contributed by atoms with Crippen molar-refractivity contribution in [2.45, 2.75) is 19.4 Å². The molecule has 0 saturated carbocycles. The Morgan fingerprint density at radius 2 is 2.16 bits per heavy atom. The minimum Gasteiger partial charge on any atom is -0.379 e. The second-order valence-electron chi connectivity index (χ2n) is 5.15. The van der Waals surface area contributed by atoms with Gasteiger partial charge in [0.25, 0.3) is 0 Å². The van der Waals surface area contributed by atoms with Crippen LogP contribution in [0.3, 0.4) is 0 Å². The predicted octanol–water partition coefficient (Wildman–Crippen LogP) is 1.68. The van der Waals surface area contributed by atoms with E-state index < -0.39 is 0 Å². The molecule has 0 spiro atoms. The van der Waals surface area contributed by atoms with E-state index in [4.69, 9.17) is 4.74 Å². The van der Waals surface area contributed by atoms with Gasteiger partial charge >= 0.3 is 0 Å². The maximum absolute atomic E-state index is 13.0. The van der Waals surface area contributed by atoms with Crippen LogP contribution in [0, 0.1) is 5.82 Å². The van der Waals surface area contributed by atoms with Crippen LogP contribution in [0.5, 0.6) is 0 Å². The maximum Gasteiger partial charge on any atom is 0.123 e. The fourth-order valence-corrected chi connectivity index (χ4v) is 2.39. The Morgan fingerprint density at radius 1 is 1.37 bits per heavy atom. The van der Waals surface area contributed by atoms with Crippen LogP contribution in [0.1, 0.15) is 12.5 Å². The van der Waals surface area contributed by atoms with Gasteiger partial charge in [-0.25, -0.2) is 4.39 Å². The summed E-state index contributed by atoms with van der Waals surface area (Å²) in [7, 11) is 0. The molecule has 1 saturated heterocycles. The average Bonchev–Trinajstić information content (AvgIpc) is 2.40. The first kappa shape index (κ1) is 14.4. The maximum atomic E-state index is 13.0. The van der Waals surface area contributed by atoms with Crippen LogP contribution in [-0.4, -0.2) is 50.3 Å². The van der Waals surface area contributed by atoms with Crippen LogP contribution in [0.4, 0.5) is 4.39 Å². The summed E-state index contributed by atoms with van der Waals surface area (Å²) in [4.78, 5) is 2.42. The quantitative estimate of drug-likeness (QED) is 0.848. The van der Waals surface area contributed by atoms with Gasteiger partial charge in [-0.3, -0.25) is 4.90 Å². The Labute approximate surface area is 114 Å². The SMILES string of the molecule is CC(CN1CCOCC1)NCCc1cccc(F)c1. The number of rotatable bonds is 6. The molecule has 1 heterocycles. The van der Waals surface area contributed by atoms with E-state index in [0.29, 0.717) is 6.04 Å². The van der Waals surface area contributed by atoms with E-state index in [2.05, 4.69) is 17.1 Å². The summed E-state index contributed by atoms with van der Waals surface area (Å²) in [5.74, 6) is -0.154. The topological polar surface area (TPSA) is 24.5 Å². The lowest BCUT2D eigenvalue weighted by atomic mass is 10.1. The minimum absolute atomic E-state index is 0.154. The third-order valence-corrected chi connectivity index (χ3v) is 3.43. The third-order valence-electron chi connectivity index (χ3n) is 3.43. The van der Waals surface area contributed by atoms with Crippen LogP contribution in [0.25, 0.3) is 0 Å². The monoisotopic (exact) mass is 266 g/mol. The number of halogens is 1. The highest BCUT2D eigenvalue weighted by Gasteiger charge is 2.12. The lowest BCUT2D eigenvalue weighted by Gasteiger charge is -2.29. The summed E-state index contributed by atoms with van der Waals surface area (Å²) < 4.78 is 18.4. The molecule has 106 valence electrons. The molecule has 1 N–H and O–H groups in total. The van der Waals surface area contributed by atoms with Crippen LogP contribution >= 0.6 is 0 Å². The van der Waals surface area contributed by atoms with E-state index in [1.165, 1.54) is 6.07 Å². The number of benzene rings is 1. The molecule has 0 radical (unpaired) electrons. The van der Waals surface area contributed by atoms with Crippen molar-refractivity contribution in [3.8, 4) is 0 Å². The Morgan fingerprint density at radius 3 is 2.89 bits per heavy atom. The first-order chi connectivity index (χ1) is 9.24. The number of hydrogen-bond donors (Lipinski definition) is 1. The summed E-state index contributed by atoms with van der Waals surface area (Å²) in [5.41, 5.74) is 1.05. The Balaban J connectivity index is 1.64. The van der Waals surface area contributed by atoms with E-state index in [1.54, 1.807) is 12.1 Å². The number of nitrogens with one attached hydrogen (secondary N) is 1. The van der Waals surface area contributed by atoms with Crippen molar-refractivity contribution in [2.24, 2.45) is 0 Å². The molecule has 2 rings (SSSR count). The van der Waals surface area contributed by atoms with Gasteiger partial charge in [-0.2, -0.15) is 0 Å². The van der Waals surface area contributed by atoms with Gasteiger partial charge in [0.05, 0.1) is 13.2 Å². The standard InChI is InChI=1S/C15H23FN2O/c1-13(12-18-7-9-19-10-8-18)17-6-5-14-3-2-4-15(16)11-14/h2-4,11,13,17H,5-10,12H2,1H3. The fourth-order valence-electron chi connectivity index (χ4n) is 2.39. The fraction of sp³-hybridized carbons (Fsp3) is 0.600. The Kier molecular flexibility index (Phi) is 5.76. The lowest BCUT2D eigenvalue weighted by molar-refractivity contribution is 0.0344. The van der Waals surface area contributed by atoms with Crippen molar-refractivity contribution in [1.29, 1.82) is 0 Å². The molecule has 0 aliphatic carbocycles. The molecule has 1 fully saturated rings. The molecule has 1 aromatic carbocycles. The molecule has 0 amide bonds. The van der Waals surface area contributed by atoms with Crippen LogP contribution in [-0.2, 0) is 11.2 Å². The molecule has 1 aliphatic rings. The highest BCUT2D eigenvalue weighted by Crippen LogP contribution is 2.04. The van der Waals surface area contributed by atoms with E-state index in [1.807, 2.05) is 6.07 Å². The Bertz CT molecular complexity index is 380. The van der Waals surface area contributed by atoms with E-state index in [0.717, 1.165) is 51.4 Å². The van der Waals surface area contributed by atoms with Crippen molar-refractivity contribution in [3.63, 3.8) is 0 Å². The number of morpholine rings is 1. The lowest BCUT2D eigenvalue weighted by Crippen LogP contribution is -2.44. The molecule has 0 aromatic heterocycles. The second kappa shape index (κ2) is 7.58. The highest BCUT2D eigenvalue weighted by atomic mass is 19.1. The second-order valence-corrected chi connectivity index (χ2v) is 5.15. The van der Waals surface area contributed by atoms with Crippen molar-refractivity contribution in [2.75, 3.05) is 39.4 Å². The molecule has 4 heteroatoms. The molecule has 1 unspecified atom stereocenters. The van der Waals surface area contributed by atoms with Crippen LogP contribution in [0.15, 0.2) is 24.3 Å². The molecule has 0 bridgehead atoms.